The number of phenols is 1. The van der Waals surface area contributed by atoms with Crippen molar-refractivity contribution in [2.75, 3.05) is 61.7 Å². The molecular formula is C39H44F2N6O2S. The lowest BCUT2D eigenvalue weighted by Crippen LogP contribution is -2.58. The molecule has 1 aliphatic carbocycles. The molecule has 2 aromatic carbocycles. The second-order valence-corrected chi connectivity index (χ2v) is 20.2. The Morgan fingerprint density at radius 1 is 1.08 bits per heavy atom. The summed E-state index contributed by atoms with van der Waals surface area (Å²) < 4.78 is 38.7. The molecule has 0 amide bonds. The number of aromatic nitrogens is 3. The number of anilines is 1. The third kappa shape index (κ3) is 5.55. The molecule has 2 bridgehead atoms. The number of phenolic OH excluding ortho intramolecular Hbond substituents is 1. The summed E-state index contributed by atoms with van der Waals surface area (Å²) in [6.07, 6.45) is 17.7. The fourth-order valence-corrected chi connectivity index (χ4v) is 10.9. The van der Waals surface area contributed by atoms with Crippen molar-refractivity contribution in [3.63, 3.8) is 0 Å². The highest BCUT2D eigenvalue weighted by molar-refractivity contribution is 8.32. The summed E-state index contributed by atoms with van der Waals surface area (Å²) in [4.78, 5) is 19.8. The molecular weight excluding hydrogens is 655 g/mol. The lowest BCUT2D eigenvalue weighted by Gasteiger charge is -2.41. The number of nitrogens with one attached hydrogen (secondary N) is 1. The number of benzene rings is 2. The van der Waals surface area contributed by atoms with Crippen molar-refractivity contribution in [3.05, 3.63) is 47.2 Å². The summed E-state index contributed by atoms with van der Waals surface area (Å²) in [6.45, 7) is 4.51. The van der Waals surface area contributed by atoms with Gasteiger partial charge in [-0.3, -0.25) is 0 Å². The molecule has 262 valence electrons. The van der Waals surface area contributed by atoms with Gasteiger partial charge in [0.05, 0.1) is 23.3 Å². The average Bonchev–Trinajstić information content (AvgIpc) is 3.82. The summed E-state index contributed by atoms with van der Waals surface area (Å²) in [6, 6.07) is 6.72. The molecule has 4 fully saturated rings. The quantitative estimate of drug-likeness (QED) is 0.238. The van der Waals surface area contributed by atoms with Crippen LogP contribution in [0.2, 0.25) is 0 Å². The van der Waals surface area contributed by atoms with E-state index in [0.717, 1.165) is 58.3 Å². The van der Waals surface area contributed by atoms with E-state index in [1.165, 1.54) is 42.2 Å². The number of pyridine rings is 1. The molecule has 3 atom stereocenters. The summed E-state index contributed by atoms with van der Waals surface area (Å²) >= 11 is 0. The smallest absolute Gasteiger partial charge is 0.319 e. The molecule has 1 saturated carbocycles. The molecule has 6 heterocycles. The maximum atomic E-state index is 17.2. The number of piperazine rings is 1. The van der Waals surface area contributed by atoms with Crippen LogP contribution in [0, 0.1) is 29.4 Å². The summed E-state index contributed by atoms with van der Waals surface area (Å²) in [7, 11) is -0.519. The molecule has 50 heavy (non-hydrogen) atoms. The van der Waals surface area contributed by atoms with Gasteiger partial charge in [-0.2, -0.15) is 9.97 Å². The first kappa shape index (κ1) is 32.2. The van der Waals surface area contributed by atoms with Crippen molar-refractivity contribution >= 4 is 37.5 Å². The number of fused-ring (bicyclic) bond motifs is 6. The lowest BCUT2D eigenvalue weighted by atomic mass is 9.95. The van der Waals surface area contributed by atoms with Gasteiger partial charge in [-0.05, 0) is 99.1 Å². The number of aromatic hydroxyl groups is 1. The maximum absolute atomic E-state index is 17.2. The number of hydrogen-bond acceptors (Lipinski definition) is 8. The van der Waals surface area contributed by atoms with Crippen molar-refractivity contribution < 1.29 is 18.6 Å². The Morgan fingerprint density at radius 3 is 2.76 bits per heavy atom. The normalized spacial score (nSPS) is 25.8. The highest BCUT2D eigenvalue weighted by Gasteiger charge is 2.46. The van der Waals surface area contributed by atoms with Crippen molar-refractivity contribution in [2.24, 2.45) is 5.41 Å². The van der Waals surface area contributed by atoms with E-state index in [4.69, 9.17) is 26.1 Å². The number of nitrogens with zero attached hydrogens (tertiary/aromatic N) is 5. The predicted octanol–water partition coefficient (Wildman–Crippen LogP) is 5.99. The van der Waals surface area contributed by atoms with E-state index >= 15 is 8.78 Å². The zero-order valence-electron chi connectivity index (χ0n) is 28.8. The largest absolute Gasteiger partial charge is 0.508 e. The van der Waals surface area contributed by atoms with Crippen LogP contribution < -0.4 is 15.0 Å². The van der Waals surface area contributed by atoms with Gasteiger partial charge in [0, 0.05) is 54.1 Å². The van der Waals surface area contributed by atoms with Crippen molar-refractivity contribution in [2.45, 2.75) is 63.1 Å². The van der Waals surface area contributed by atoms with E-state index in [9.17, 15) is 5.11 Å². The van der Waals surface area contributed by atoms with Crippen LogP contribution in [0.4, 0.5) is 14.6 Å². The van der Waals surface area contributed by atoms with Crippen LogP contribution in [0.15, 0.2) is 24.3 Å². The van der Waals surface area contributed by atoms with Crippen molar-refractivity contribution in [1.82, 2.24) is 25.2 Å². The molecule has 4 aromatic rings. The zero-order valence-corrected chi connectivity index (χ0v) is 29.6. The van der Waals surface area contributed by atoms with Gasteiger partial charge in [0.2, 0.25) is 0 Å². The maximum Gasteiger partial charge on any atom is 0.319 e. The SMILES string of the molecule is C#Cc1c(F)ccc2cc(O)cc(-c3nc4c5c(nc(OCC6(CN7CCCS(C)(C)CC7)CC6)nc5c3F)N3C[C@H]5CC[C@H](N5)[C@H]3CC4)c12. The zero-order chi connectivity index (χ0) is 34.4. The molecule has 8 nitrogen and oxygen atoms in total. The van der Waals surface area contributed by atoms with Gasteiger partial charge in [-0.1, -0.05) is 12.0 Å². The summed E-state index contributed by atoms with van der Waals surface area (Å²) in [5.74, 6) is 4.38. The van der Waals surface area contributed by atoms with E-state index in [-0.39, 0.29) is 45.6 Å². The molecule has 3 saturated heterocycles. The third-order valence-electron chi connectivity index (χ3n) is 11.9. The van der Waals surface area contributed by atoms with Crippen LogP contribution >= 0.6 is 10.0 Å². The molecule has 0 unspecified atom stereocenters. The van der Waals surface area contributed by atoms with Crippen LogP contribution in [0.1, 0.15) is 49.8 Å². The predicted molar refractivity (Wildman–Crippen MR) is 197 cm³/mol. The Morgan fingerprint density at radius 2 is 1.94 bits per heavy atom. The van der Waals surface area contributed by atoms with E-state index in [2.05, 4.69) is 33.5 Å². The number of terminal acetylenes is 1. The summed E-state index contributed by atoms with van der Waals surface area (Å²) in [5.41, 5.74) is 1.08. The first-order chi connectivity index (χ1) is 24.1. The van der Waals surface area contributed by atoms with Crippen LogP contribution in [0.5, 0.6) is 11.8 Å². The molecule has 9 rings (SSSR count). The molecule has 4 aliphatic heterocycles. The minimum atomic E-state index is -0.663. The Balaban J connectivity index is 1.15. The molecule has 2 N–H and O–H groups in total. The van der Waals surface area contributed by atoms with Crippen LogP contribution in [0.25, 0.3) is 32.9 Å². The molecule has 0 radical (unpaired) electrons. The fourth-order valence-electron chi connectivity index (χ4n) is 9.01. The van der Waals surface area contributed by atoms with Crippen molar-refractivity contribution in [3.8, 4) is 35.4 Å². The second-order valence-electron chi connectivity index (χ2n) is 15.8. The number of hydrogen-bond donors (Lipinski definition) is 2. The fraction of sp³-hybridized carbons (Fsp3) is 0.513. The van der Waals surface area contributed by atoms with Gasteiger partial charge in [-0.25, -0.2) is 23.8 Å². The number of ether oxygens (including phenoxy) is 1. The number of halogens is 2. The highest BCUT2D eigenvalue weighted by atomic mass is 32.3. The van der Waals surface area contributed by atoms with Crippen LogP contribution in [0.3, 0.4) is 0 Å². The summed E-state index contributed by atoms with van der Waals surface area (Å²) in [5, 5.41) is 16.0. The first-order valence-electron chi connectivity index (χ1n) is 18.0. The minimum Gasteiger partial charge on any atom is -0.508 e. The molecule has 11 heteroatoms. The Bertz CT molecular complexity index is 2080. The van der Waals surface area contributed by atoms with E-state index in [1.807, 2.05) is 0 Å². The van der Waals surface area contributed by atoms with Crippen LogP contribution in [-0.4, -0.2) is 99.9 Å². The van der Waals surface area contributed by atoms with Gasteiger partial charge < -0.3 is 25.0 Å². The minimum absolute atomic E-state index is 0.000372. The topological polar surface area (TPSA) is 86.6 Å². The Hall–Kier alpha value is -3.72. The third-order valence-corrected chi connectivity index (χ3v) is 14.6. The van der Waals surface area contributed by atoms with E-state index < -0.39 is 21.7 Å². The van der Waals surface area contributed by atoms with Crippen LogP contribution in [-0.2, 0) is 6.42 Å². The molecule has 2 aromatic heterocycles. The Kier molecular flexibility index (Phi) is 7.68. The van der Waals surface area contributed by atoms with E-state index in [0.29, 0.717) is 52.8 Å². The van der Waals surface area contributed by atoms with Gasteiger partial charge in [-0.15, -0.1) is 6.42 Å². The number of aryl methyl sites for hydroxylation is 1. The second kappa shape index (κ2) is 11.9. The first-order valence-corrected chi connectivity index (χ1v) is 20.8. The van der Waals surface area contributed by atoms with Gasteiger partial charge in [0.25, 0.3) is 0 Å². The Labute approximate surface area is 293 Å². The molecule has 5 aliphatic rings. The lowest BCUT2D eigenvalue weighted by molar-refractivity contribution is 0.160. The number of rotatable bonds is 6. The highest BCUT2D eigenvalue weighted by Crippen LogP contribution is 2.49. The van der Waals surface area contributed by atoms with Gasteiger partial charge in [0.15, 0.2) is 5.82 Å². The van der Waals surface area contributed by atoms with Gasteiger partial charge in [0.1, 0.15) is 28.6 Å². The van der Waals surface area contributed by atoms with E-state index in [1.54, 1.807) is 0 Å². The van der Waals surface area contributed by atoms with Crippen molar-refractivity contribution in [1.29, 1.82) is 0 Å². The monoisotopic (exact) mass is 698 g/mol. The average molecular weight is 699 g/mol. The standard InChI is InChI=1S/C39H44F2N6O2S/c1-4-26-28(40)8-6-23-18-25(48)19-27(32(23)26)35-34(41)36-33-30(43-35)10-11-31-29-9-7-24(42-29)20-47(31)37(33)45-38(44-36)49-22-39(12-13-39)21-46-14-5-16-50(2,3)17-15-46/h1,6,8,18-19,24,29,31,42,48H,5,7,9-17,20-22H2,2-3H3/t24-,29+,31-/m1/s1. The van der Waals surface area contributed by atoms with Gasteiger partial charge >= 0.3 is 6.01 Å². The molecule has 0 spiro atoms.